The SMILES string of the molecule is CCCC(=O)OC12CCC3(CC1)[C@@H]1CCc4cc(OC)ccc4[C@H]1CC[C@]23C. The number of carbonyl (C=O) groups excluding carboxylic acids is 1. The molecule has 0 spiro atoms. The molecule has 0 heterocycles. The van der Waals surface area contributed by atoms with Crippen LogP contribution in [-0.2, 0) is 16.0 Å². The van der Waals surface area contributed by atoms with Gasteiger partial charge in [-0.3, -0.25) is 4.79 Å². The summed E-state index contributed by atoms with van der Waals surface area (Å²) >= 11 is 0. The van der Waals surface area contributed by atoms with Gasteiger partial charge < -0.3 is 9.47 Å². The van der Waals surface area contributed by atoms with Crippen LogP contribution in [0.2, 0.25) is 0 Å². The molecule has 3 heteroatoms. The van der Waals surface area contributed by atoms with E-state index in [0.29, 0.717) is 17.8 Å². The molecule has 3 saturated carbocycles. The number of rotatable bonds is 4. The molecule has 2 bridgehead atoms. The quantitative estimate of drug-likeness (QED) is 0.618. The highest BCUT2D eigenvalue weighted by Gasteiger charge is 2.75. The molecule has 3 atom stereocenters. The summed E-state index contributed by atoms with van der Waals surface area (Å²) in [5, 5.41) is 0. The van der Waals surface area contributed by atoms with Crippen LogP contribution in [0.15, 0.2) is 18.2 Å². The third-order valence-corrected chi connectivity index (χ3v) is 9.44. The molecule has 28 heavy (non-hydrogen) atoms. The molecule has 0 aromatic heterocycles. The molecule has 0 N–H and O–H groups in total. The maximum Gasteiger partial charge on any atom is 0.306 e. The molecular weight excluding hydrogens is 348 g/mol. The molecule has 4 aliphatic carbocycles. The minimum Gasteiger partial charge on any atom is -0.497 e. The topological polar surface area (TPSA) is 35.5 Å². The maximum absolute atomic E-state index is 12.5. The standard InChI is InChI=1S/C25H34O3/c1-4-5-22(26)28-25-14-12-24(13-15-25)21-9-6-17-16-18(27-3)7-8-19(17)20(21)10-11-23(24,25)2/h7-8,16,20-21H,4-6,9-15H2,1-3H3/t20-,21-,23+,24?,25?/m1/s1. The van der Waals surface area contributed by atoms with Gasteiger partial charge in [0.15, 0.2) is 0 Å². The number of esters is 1. The Bertz CT molecular complexity index is 789. The Labute approximate surface area is 169 Å². The van der Waals surface area contributed by atoms with Crippen LogP contribution in [0.5, 0.6) is 5.75 Å². The Kier molecular flexibility index (Phi) is 4.13. The average Bonchev–Trinajstić information content (AvgIpc) is 3.10. The molecular formula is C25H34O3. The van der Waals surface area contributed by atoms with Gasteiger partial charge in [0.05, 0.1) is 7.11 Å². The normalized spacial score (nSPS) is 40.4. The Hall–Kier alpha value is -1.51. The number of fused-ring (bicyclic) bond motifs is 3. The molecule has 1 aromatic rings. The predicted molar refractivity (Wildman–Crippen MR) is 110 cm³/mol. The first-order valence-corrected chi connectivity index (χ1v) is 11.4. The molecule has 0 amide bonds. The maximum atomic E-state index is 12.5. The van der Waals surface area contributed by atoms with Crippen LogP contribution in [0.1, 0.15) is 88.7 Å². The van der Waals surface area contributed by atoms with Crippen molar-refractivity contribution in [2.45, 2.75) is 89.6 Å². The van der Waals surface area contributed by atoms with Crippen molar-refractivity contribution < 1.29 is 14.3 Å². The van der Waals surface area contributed by atoms with Crippen molar-refractivity contribution in [3.8, 4) is 5.75 Å². The first kappa shape index (κ1) is 18.5. The number of ether oxygens (including phenoxy) is 2. The van der Waals surface area contributed by atoms with E-state index in [1.54, 1.807) is 12.7 Å². The van der Waals surface area contributed by atoms with Crippen LogP contribution in [-0.4, -0.2) is 18.7 Å². The highest BCUT2D eigenvalue weighted by Crippen LogP contribution is 2.78. The van der Waals surface area contributed by atoms with Crippen LogP contribution < -0.4 is 4.74 Å². The van der Waals surface area contributed by atoms with Crippen molar-refractivity contribution in [3.63, 3.8) is 0 Å². The number of aryl methyl sites for hydroxylation is 1. The number of hydrogen-bond acceptors (Lipinski definition) is 3. The summed E-state index contributed by atoms with van der Waals surface area (Å²) in [7, 11) is 1.76. The summed E-state index contributed by atoms with van der Waals surface area (Å²) in [5.74, 6) is 2.42. The highest BCUT2D eigenvalue weighted by atomic mass is 16.6. The number of carbonyl (C=O) groups is 1. The van der Waals surface area contributed by atoms with Gasteiger partial charge in [0.25, 0.3) is 0 Å². The van der Waals surface area contributed by atoms with Crippen LogP contribution >= 0.6 is 0 Å². The molecule has 4 aliphatic rings. The number of benzene rings is 1. The van der Waals surface area contributed by atoms with E-state index in [1.165, 1.54) is 37.7 Å². The van der Waals surface area contributed by atoms with Crippen molar-refractivity contribution in [3.05, 3.63) is 29.3 Å². The van der Waals surface area contributed by atoms with Crippen LogP contribution in [0, 0.1) is 16.7 Å². The monoisotopic (exact) mass is 382 g/mol. The minimum atomic E-state index is -0.190. The molecule has 3 fully saturated rings. The van der Waals surface area contributed by atoms with Gasteiger partial charge in [0.2, 0.25) is 0 Å². The van der Waals surface area contributed by atoms with E-state index in [4.69, 9.17) is 9.47 Å². The molecule has 1 aromatic carbocycles. The van der Waals surface area contributed by atoms with Crippen molar-refractivity contribution in [1.29, 1.82) is 0 Å². The van der Waals surface area contributed by atoms with Gasteiger partial charge in [-0.2, -0.15) is 0 Å². The van der Waals surface area contributed by atoms with Crippen LogP contribution in [0.4, 0.5) is 0 Å². The van der Waals surface area contributed by atoms with Gasteiger partial charge in [-0.05, 0) is 98.3 Å². The van der Waals surface area contributed by atoms with E-state index < -0.39 is 0 Å². The zero-order valence-corrected chi connectivity index (χ0v) is 17.7. The fraction of sp³-hybridized carbons (Fsp3) is 0.720. The van der Waals surface area contributed by atoms with Gasteiger partial charge in [-0.25, -0.2) is 0 Å². The molecule has 3 nitrogen and oxygen atoms in total. The van der Waals surface area contributed by atoms with Crippen LogP contribution in [0.3, 0.4) is 0 Å². The lowest BCUT2D eigenvalue weighted by Crippen LogP contribution is -2.53. The first-order chi connectivity index (χ1) is 13.5. The van der Waals surface area contributed by atoms with Crippen molar-refractivity contribution >= 4 is 5.97 Å². The van der Waals surface area contributed by atoms with E-state index in [2.05, 4.69) is 32.0 Å². The summed E-state index contributed by atoms with van der Waals surface area (Å²) < 4.78 is 11.8. The van der Waals surface area contributed by atoms with Gasteiger partial charge in [-0.15, -0.1) is 0 Å². The number of methoxy groups -OCH3 is 1. The second-order valence-electron chi connectivity index (χ2n) is 10.1. The Morgan fingerprint density at radius 3 is 2.64 bits per heavy atom. The third-order valence-electron chi connectivity index (χ3n) is 9.44. The molecule has 0 saturated heterocycles. The Morgan fingerprint density at radius 2 is 1.93 bits per heavy atom. The summed E-state index contributed by atoms with van der Waals surface area (Å²) in [5.41, 5.74) is 3.40. The molecule has 152 valence electrons. The molecule has 0 aliphatic heterocycles. The van der Waals surface area contributed by atoms with Crippen molar-refractivity contribution in [1.82, 2.24) is 0 Å². The lowest BCUT2D eigenvalue weighted by Gasteiger charge is -2.57. The van der Waals surface area contributed by atoms with E-state index in [9.17, 15) is 4.79 Å². The van der Waals surface area contributed by atoms with Gasteiger partial charge in [-0.1, -0.05) is 19.9 Å². The fourth-order valence-corrected chi connectivity index (χ4v) is 8.08. The smallest absolute Gasteiger partial charge is 0.306 e. The summed E-state index contributed by atoms with van der Waals surface area (Å²) in [6, 6.07) is 6.74. The zero-order chi connectivity index (χ0) is 19.6. The van der Waals surface area contributed by atoms with Crippen molar-refractivity contribution in [2.24, 2.45) is 16.7 Å². The summed E-state index contributed by atoms with van der Waals surface area (Å²) in [4.78, 5) is 12.5. The van der Waals surface area contributed by atoms with Gasteiger partial charge in [0, 0.05) is 11.8 Å². The lowest BCUT2D eigenvalue weighted by atomic mass is 9.48. The van der Waals surface area contributed by atoms with E-state index in [1.807, 2.05) is 0 Å². The fourth-order valence-electron chi connectivity index (χ4n) is 8.08. The van der Waals surface area contributed by atoms with E-state index in [-0.39, 0.29) is 17.0 Å². The summed E-state index contributed by atoms with van der Waals surface area (Å²) in [6.07, 6.45) is 11.0. The largest absolute Gasteiger partial charge is 0.497 e. The average molecular weight is 383 g/mol. The Morgan fingerprint density at radius 1 is 1.14 bits per heavy atom. The van der Waals surface area contributed by atoms with Gasteiger partial charge >= 0.3 is 5.97 Å². The van der Waals surface area contributed by atoms with E-state index >= 15 is 0 Å². The Balaban J connectivity index is 1.49. The van der Waals surface area contributed by atoms with Gasteiger partial charge in [0.1, 0.15) is 11.4 Å². The highest BCUT2D eigenvalue weighted by molar-refractivity contribution is 5.70. The van der Waals surface area contributed by atoms with Crippen molar-refractivity contribution in [2.75, 3.05) is 7.11 Å². The first-order valence-electron chi connectivity index (χ1n) is 11.4. The van der Waals surface area contributed by atoms with Crippen LogP contribution in [0.25, 0.3) is 0 Å². The summed E-state index contributed by atoms with van der Waals surface area (Å²) in [6.45, 7) is 4.54. The van der Waals surface area contributed by atoms with E-state index in [0.717, 1.165) is 37.4 Å². The molecule has 0 unspecified atom stereocenters. The molecule has 0 radical (unpaired) electrons. The minimum absolute atomic E-state index is 0.0321. The molecule has 5 rings (SSSR count). The second kappa shape index (κ2) is 6.24. The second-order valence-corrected chi connectivity index (χ2v) is 10.1. The number of hydrogen-bond donors (Lipinski definition) is 0. The zero-order valence-electron chi connectivity index (χ0n) is 17.7. The lowest BCUT2D eigenvalue weighted by molar-refractivity contribution is -0.176. The predicted octanol–water partition coefficient (Wildman–Crippen LogP) is 5.80. The third kappa shape index (κ3) is 2.19.